The zero-order chi connectivity index (χ0) is 16.5. The number of carbonyl (C=O) groups excluding carboxylic acids is 1. The Bertz CT molecular complexity index is 717. The van der Waals surface area contributed by atoms with Gasteiger partial charge in [-0.05, 0) is 24.6 Å². The number of nitriles is 3. The van der Waals surface area contributed by atoms with Crippen molar-refractivity contribution in [1.82, 2.24) is 0 Å². The number of aromatic hydroxyl groups is 1. The molecule has 0 atom stereocenters. The highest BCUT2D eigenvalue weighted by Gasteiger charge is 2.11. The van der Waals surface area contributed by atoms with Crippen LogP contribution in [0.1, 0.15) is 12.5 Å². The number of phenols is 1. The molecule has 2 N–H and O–H groups in total. The van der Waals surface area contributed by atoms with Crippen molar-refractivity contribution >= 4 is 11.7 Å². The third-order valence-electron chi connectivity index (χ3n) is 2.56. The van der Waals surface area contributed by atoms with Gasteiger partial charge in [0.05, 0.1) is 18.7 Å². The molecule has 0 unspecified atom stereocenters. The van der Waals surface area contributed by atoms with E-state index >= 15 is 0 Å². The normalized spacial score (nSPS) is 8.82. The molecular weight excluding hydrogens is 284 g/mol. The van der Waals surface area contributed by atoms with Crippen molar-refractivity contribution in [3.8, 4) is 24.0 Å². The summed E-state index contributed by atoms with van der Waals surface area (Å²) in [7, 11) is 0. The Hall–Kier alpha value is -3.50. The number of hydrogen-bond acceptors (Lipinski definition) is 7. The fourth-order valence-electron chi connectivity index (χ4n) is 1.59. The molecular formula is C15H12N4O3. The second-order valence-electron chi connectivity index (χ2n) is 4.04. The molecule has 0 saturated carbocycles. The van der Waals surface area contributed by atoms with Gasteiger partial charge in [-0.2, -0.15) is 15.8 Å². The minimum atomic E-state index is -0.426. The minimum absolute atomic E-state index is 0.00222. The molecule has 1 rings (SSSR count). The Morgan fingerprint density at radius 3 is 2.50 bits per heavy atom. The van der Waals surface area contributed by atoms with Gasteiger partial charge in [0.2, 0.25) is 0 Å². The monoisotopic (exact) mass is 296 g/mol. The summed E-state index contributed by atoms with van der Waals surface area (Å²) in [4.78, 5) is 11.4. The van der Waals surface area contributed by atoms with Gasteiger partial charge >= 0.3 is 5.97 Å². The molecule has 0 bridgehead atoms. The first-order chi connectivity index (χ1) is 10.5. The average Bonchev–Trinajstić information content (AvgIpc) is 2.50. The highest BCUT2D eigenvalue weighted by Crippen LogP contribution is 2.26. The summed E-state index contributed by atoms with van der Waals surface area (Å²) in [5.74, 6) is -0.611. The van der Waals surface area contributed by atoms with E-state index in [1.807, 2.05) is 0 Å². The summed E-state index contributed by atoms with van der Waals surface area (Å²) < 4.78 is 4.82. The lowest BCUT2D eigenvalue weighted by atomic mass is 10.1. The van der Waals surface area contributed by atoms with E-state index in [-0.39, 0.29) is 30.2 Å². The maximum Gasteiger partial charge on any atom is 0.310 e. The van der Waals surface area contributed by atoms with Crippen molar-refractivity contribution in [3.05, 3.63) is 35.0 Å². The topological polar surface area (TPSA) is 130 Å². The first-order valence-electron chi connectivity index (χ1n) is 6.24. The Morgan fingerprint density at radius 2 is 1.95 bits per heavy atom. The van der Waals surface area contributed by atoms with Crippen molar-refractivity contribution in [1.29, 1.82) is 15.8 Å². The van der Waals surface area contributed by atoms with E-state index in [1.165, 1.54) is 18.2 Å². The minimum Gasteiger partial charge on any atom is -0.506 e. The van der Waals surface area contributed by atoms with Crippen LogP contribution >= 0.6 is 0 Å². The summed E-state index contributed by atoms with van der Waals surface area (Å²) in [5.41, 5.74) is -0.0286. The van der Waals surface area contributed by atoms with E-state index in [4.69, 9.17) is 20.5 Å². The molecule has 0 aliphatic rings. The number of esters is 1. The number of anilines is 1. The molecule has 7 heteroatoms. The molecule has 1 aromatic rings. The summed E-state index contributed by atoms with van der Waals surface area (Å²) in [6.07, 6.45) is -0.00222. The van der Waals surface area contributed by atoms with Crippen molar-refractivity contribution < 1.29 is 14.6 Å². The van der Waals surface area contributed by atoms with E-state index < -0.39 is 11.5 Å². The lowest BCUT2D eigenvalue weighted by Gasteiger charge is -2.09. The van der Waals surface area contributed by atoms with Crippen molar-refractivity contribution in [2.45, 2.75) is 13.3 Å². The zero-order valence-corrected chi connectivity index (χ0v) is 11.8. The van der Waals surface area contributed by atoms with E-state index in [9.17, 15) is 9.90 Å². The van der Waals surface area contributed by atoms with Gasteiger partial charge in [-0.25, -0.2) is 0 Å². The Morgan fingerprint density at radius 1 is 1.27 bits per heavy atom. The third kappa shape index (κ3) is 4.26. The first-order valence-corrected chi connectivity index (χ1v) is 6.24. The largest absolute Gasteiger partial charge is 0.506 e. The maximum absolute atomic E-state index is 11.4. The lowest BCUT2D eigenvalue weighted by molar-refractivity contribution is -0.142. The predicted octanol–water partition coefficient (Wildman–Crippen LogP) is 1.73. The predicted molar refractivity (Wildman–Crippen MR) is 75.9 cm³/mol. The molecule has 0 spiro atoms. The summed E-state index contributed by atoms with van der Waals surface area (Å²) in [6.45, 7) is 1.95. The molecule has 0 fully saturated rings. The zero-order valence-electron chi connectivity index (χ0n) is 11.8. The highest BCUT2D eigenvalue weighted by atomic mass is 16.5. The molecule has 0 aromatic heterocycles. The molecule has 0 heterocycles. The summed E-state index contributed by atoms with van der Waals surface area (Å²) >= 11 is 0. The van der Waals surface area contributed by atoms with Gasteiger partial charge in [0.15, 0.2) is 5.57 Å². The number of nitrogens with zero attached hydrogens (tertiary/aromatic N) is 3. The molecule has 110 valence electrons. The fraction of sp³-hybridized carbons (Fsp3) is 0.200. The standard InChI is InChI=1S/C15H12N4O3/c1-2-22-15(21)6-10-3-4-14(20)12(5-10)19-13(9-18)11(7-16)8-17/h3-5,19-20H,2,6H2,1H3. The second kappa shape index (κ2) is 7.94. The lowest BCUT2D eigenvalue weighted by Crippen LogP contribution is -2.08. The van der Waals surface area contributed by atoms with E-state index in [1.54, 1.807) is 25.1 Å². The van der Waals surface area contributed by atoms with E-state index in [0.29, 0.717) is 5.56 Å². The molecule has 0 amide bonds. The van der Waals surface area contributed by atoms with Gasteiger partial charge in [0.25, 0.3) is 0 Å². The number of nitrogens with one attached hydrogen (secondary N) is 1. The van der Waals surface area contributed by atoms with E-state index in [0.717, 1.165) is 0 Å². The van der Waals surface area contributed by atoms with Crippen LogP contribution in [0.5, 0.6) is 5.75 Å². The van der Waals surface area contributed by atoms with Crippen LogP contribution in [0.2, 0.25) is 0 Å². The highest BCUT2D eigenvalue weighted by molar-refractivity contribution is 5.74. The Balaban J connectivity index is 3.09. The third-order valence-corrected chi connectivity index (χ3v) is 2.56. The number of allylic oxidation sites excluding steroid dienone is 2. The van der Waals surface area contributed by atoms with Crippen LogP contribution in [-0.4, -0.2) is 17.7 Å². The Labute approximate surface area is 127 Å². The molecule has 22 heavy (non-hydrogen) atoms. The smallest absolute Gasteiger partial charge is 0.310 e. The van der Waals surface area contributed by atoms with Gasteiger partial charge < -0.3 is 15.2 Å². The number of benzene rings is 1. The van der Waals surface area contributed by atoms with Gasteiger partial charge in [-0.3, -0.25) is 4.79 Å². The van der Waals surface area contributed by atoms with Crippen LogP contribution in [0.25, 0.3) is 0 Å². The number of phenolic OH excluding ortho intramolecular Hbond substituents is 1. The Kier molecular flexibility index (Phi) is 5.97. The van der Waals surface area contributed by atoms with Crippen molar-refractivity contribution in [2.75, 3.05) is 11.9 Å². The van der Waals surface area contributed by atoms with Gasteiger partial charge in [-0.1, -0.05) is 6.07 Å². The second-order valence-corrected chi connectivity index (χ2v) is 4.04. The quantitative estimate of drug-likeness (QED) is 0.480. The molecule has 1 aromatic carbocycles. The van der Waals surface area contributed by atoms with Crippen LogP contribution in [0.3, 0.4) is 0 Å². The average molecular weight is 296 g/mol. The molecule has 0 aliphatic carbocycles. The van der Waals surface area contributed by atoms with Crippen molar-refractivity contribution in [2.24, 2.45) is 0 Å². The van der Waals surface area contributed by atoms with Gasteiger partial charge in [0.1, 0.15) is 29.7 Å². The number of rotatable bonds is 5. The van der Waals surface area contributed by atoms with Gasteiger partial charge in [-0.15, -0.1) is 0 Å². The van der Waals surface area contributed by atoms with Crippen LogP contribution < -0.4 is 5.32 Å². The molecule has 7 nitrogen and oxygen atoms in total. The number of hydrogen-bond donors (Lipinski definition) is 2. The molecule has 0 aliphatic heterocycles. The van der Waals surface area contributed by atoms with Crippen molar-refractivity contribution in [3.63, 3.8) is 0 Å². The first kappa shape index (κ1) is 16.6. The number of carbonyl (C=O) groups is 1. The van der Waals surface area contributed by atoms with Gasteiger partial charge in [0, 0.05) is 0 Å². The molecule has 0 saturated heterocycles. The SMILES string of the molecule is CCOC(=O)Cc1ccc(O)c(NC(C#N)=C(C#N)C#N)c1. The van der Waals surface area contributed by atoms with Crippen LogP contribution in [0.15, 0.2) is 29.5 Å². The molecule has 0 radical (unpaired) electrons. The van der Waals surface area contributed by atoms with Crippen LogP contribution in [-0.2, 0) is 16.0 Å². The van der Waals surface area contributed by atoms with E-state index in [2.05, 4.69) is 5.32 Å². The number of ether oxygens (including phenoxy) is 1. The van der Waals surface area contributed by atoms with Crippen LogP contribution in [0, 0.1) is 34.0 Å². The maximum atomic E-state index is 11.4. The van der Waals surface area contributed by atoms with Crippen LogP contribution in [0.4, 0.5) is 5.69 Å². The fourth-order valence-corrected chi connectivity index (χ4v) is 1.59. The summed E-state index contributed by atoms with van der Waals surface area (Å²) in [6, 6.07) is 9.16. The summed E-state index contributed by atoms with van der Waals surface area (Å²) in [5, 5.41) is 38.8.